The molecule has 150 valence electrons. The van der Waals surface area contributed by atoms with Crippen LogP contribution in [0.5, 0.6) is 0 Å². The van der Waals surface area contributed by atoms with E-state index in [1.165, 1.54) is 4.90 Å². The Morgan fingerprint density at radius 3 is 2.43 bits per heavy atom. The molecule has 0 radical (unpaired) electrons. The maximum absolute atomic E-state index is 12.7. The normalized spacial score (nSPS) is 28.4. The van der Waals surface area contributed by atoms with E-state index in [4.69, 9.17) is 4.42 Å². The van der Waals surface area contributed by atoms with Gasteiger partial charge >= 0.3 is 0 Å². The lowest BCUT2D eigenvalue weighted by Crippen LogP contribution is -2.43. The van der Waals surface area contributed by atoms with Crippen LogP contribution in [-0.4, -0.2) is 42.3 Å². The zero-order valence-corrected chi connectivity index (χ0v) is 16.7. The van der Waals surface area contributed by atoms with E-state index in [1.807, 2.05) is 26.8 Å². The Morgan fingerprint density at radius 1 is 1.18 bits per heavy atom. The lowest BCUT2D eigenvalue weighted by molar-refractivity contribution is -0.140. The van der Waals surface area contributed by atoms with Gasteiger partial charge in [0.05, 0.1) is 18.4 Å². The van der Waals surface area contributed by atoms with Crippen molar-refractivity contribution in [1.29, 1.82) is 0 Å². The van der Waals surface area contributed by atoms with Gasteiger partial charge in [-0.1, -0.05) is 12.2 Å². The van der Waals surface area contributed by atoms with Gasteiger partial charge in [0.25, 0.3) is 0 Å². The number of nitrogens with one attached hydrogen (secondary N) is 2. The van der Waals surface area contributed by atoms with Gasteiger partial charge in [0, 0.05) is 25.2 Å². The number of carbonyl (C=O) groups is 2. The molecule has 2 amide bonds. The van der Waals surface area contributed by atoms with E-state index in [0.717, 1.165) is 30.0 Å². The predicted octanol–water partition coefficient (Wildman–Crippen LogP) is 1.76. The molecule has 2 heterocycles. The first-order valence-electron chi connectivity index (χ1n) is 10.1. The molecule has 1 saturated carbocycles. The number of hydrogen-bond donors (Lipinski definition) is 2. The molecule has 2 bridgehead atoms. The summed E-state index contributed by atoms with van der Waals surface area (Å²) in [6.07, 6.45) is 5.20. The summed E-state index contributed by atoms with van der Waals surface area (Å²) in [7, 11) is 0. The Hall–Kier alpha value is -2.57. The Balaban J connectivity index is 1.34. The van der Waals surface area contributed by atoms with Gasteiger partial charge in [-0.3, -0.25) is 14.5 Å². The summed E-state index contributed by atoms with van der Waals surface area (Å²) in [5, 5.41) is 6.44. The Bertz CT molecular complexity index is 811. The fraction of sp³-hybridized carbons (Fsp3) is 0.571. The summed E-state index contributed by atoms with van der Waals surface area (Å²) < 4.78 is 5.54. The second-order valence-corrected chi connectivity index (χ2v) is 7.89. The molecule has 1 aromatic rings. The standard InChI is InChI=1S/C21H28N4O3/c1-4-22-21(24-11-16-9-12(2)28-13(16)3)23-7-8-25-19(26)17-14-5-6-15(10-14)18(17)20(25)27/h5-6,9,14-15,17-18H,4,7-8,10-11H2,1-3H3,(H2,22,23,24). The molecule has 0 aromatic carbocycles. The highest BCUT2D eigenvalue weighted by Crippen LogP contribution is 2.52. The number of fused-ring (bicyclic) bond motifs is 5. The third kappa shape index (κ3) is 3.23. The number of amides is 2. The summed E-state index contributed by atoms with van der Waals surface area (Å²) >= 11 is 0. The van der Waals surface area contributed by atoms with Gasteiger partial charge in [-0.2, -0.15) is 0 Å². The average Bonchev–Trinajstić information content (AvgIpc) is 3.40. The summed E-state index contributed by atoms with van der Waals surface area (Å²) in [5.41, 5.74) is 1.05. The predicted molar refractivity (Wildman–Crippen MR) is 105 cm³/mol. The first kappa shape index (κ1) is 18.8. The molecular weight excluding hydrogens is 356 g/mol. The number of likely N-dealkylation sites (tertiary alicyclic amines) is 1. The van der Waals surface area contributed by atoms with Crippen molar-refractivity contribution in [3.05, 3.63) is 35.3 Å². The van der Waals surface area contributed by atoms with Crippen molar-refractivity contribution in [3.63, 3.8) is 0 Å². The molecular formula is C21H28N4O3. The SMILES string of the molecule is CCNC(=NCc1cc(C)oc1C)NCCN1C(=O)C2C3C=CC(C3)C2C1=O. The van der Waals surface area contributed by atoms with Crippen LogP contribution in [-0.2, 0) is 16.1 Å². The van der Waals surface area contributed by atoms with Crippen LogP contribution in [0.4, 0.5) is 0 Å². The van der Waals surface area contributed by atoms with Crippen LogP contribution in [0.15, 0.2) is 27.6 Å². The van der Waals surface area contributed by atoms with Crippen LogP contribution in [0.2, 0.25) is 0 Å². The highest BCUT2D eigenvalue weighted by Gasteiger charge is 2.58. The van der Waals surface area contributed by atoms with Crippen LogP contribution in [0.3, 0.4) is 0 Å². The topological polar surface area (TPSA) is 86.9 Å². The van der Waals surface area contributed by atoms with Crippen LogP contribution in [0.1, 0.15) is 30.4 Å². The summed E-state index contributed by atoms with van der Waals surface area (Å²) in [6, 6.07) is 1.99. The van der Waals surface area contributed by atoms with Crippen LogP contribution in [0.25, 0.3) is 0 Å². The molecule has 2 N–H and O–H groups in total. The molecule has 1 saturated heterocycles. The zero-order valence-electron chi connectivity index (χ0n) is 16.7. The molecule has 1 aliphatic heterocycles. The first-order valence-corrected chi connectivity index (χ1v) is 10.1. The number of aryl methyl sites for hydroxylation is 2. The number of aliphatic imine (C=N–C) groups is 1. The summed E-state index contributed by atoms with van der Waals surface area (Å²) in [4.78, 5) is 31.5. The summed E-state index contributed by atoms with van der Waals surface area (Å²) in [6.45, 7) is 7.96. The van der Waals surface area contributed by atoms with Gasteiger partial charge in [-0.05, 0) is 45.1 Å². The zero-order chi connectivity index (χ0) is 19.8. The maximum atomic E-state index is 12.7. The Labute approximate surface area is 165 Å². The lowest BCUT2D eigenvalue weighted by atomic mass is 9.85. The van der Waals surface area contributed by atoms with E-state index < -0.39 is 0 Å². The van der Waals surface area contributed by atoms with Crippen molar-refractivity contribution in [2.45, 2.75) is 33.7 Å². The number of guanidine groups is 1. The number of hydrogen-bond acceptors (Lipinski definition) is 4. The van der Waals surface area contributed by atoms with Crippen molar-refractivity contribution >= 4 is 17.8 Å². The van der Waals surface area contributed by atoms with E-state index in [-0.39, 0.29) is 35.5 Å². The summed E-state index contributed by atoms with van der Waals surface area (Å²) in [5.74, 6) is 2.67. The second kappa shape index (κ2) is 7.45. The highest BCUT2D eigenvalue weighted by atomic mass is 16.3. The number of allylic oxidation sites excluding steroid dienone is 2. The van der Waals surface area contributed by atoms with E-state index in [0.29, 0.717) is 25.6 Å². The highest BCUT2D eigenvalue weighted by molar-refractivity contribution is 6.06. The van der Waals surface area contributed by atoms with E-state index in [2.05, 4.69) is 27.8 Å². The van der Waals surface area contributed by atoms with Gasteiger partial charge in [0.2, 0.25) is 11.8 Å². The third-order valence-corrected chi connectivity index (χ3v) is 6.09. The fourth-order valence-corrected chi connectivity index (χ4v) is 4.82. The number of rotatable bonds is 6. The van der Waals surface area contributed by atoms with Crippen LogP contribution < -0.4 is 10.6 Å². The Morgan fingerprint density at radius 2 is 1.86 bits per heavy atom. The molecule has 4 rings (SSSR count). The fourth-order valence-electron chi connectivity index (χ4n) is 4.82. The minimum Gasteiger partial charge on any atom is -0.466 e. The number of nitrogens with zero attached hydrogens (tertiary/aromatic N) is 2. The number of carbonyl (C=O) groups excluding carboxylic acids is 2. The number of furan rings is 1. The molecule has 2 aliphatic carbocycles. The molecule has 1 aromatic heterocycles. The minimum atomic E-state index is -0.128. The molecule has 4 unspecified atom stereocenters. The van der Waals surface area contributed by atoms with Gasteiger partial charge in [0.15, 0.2) is 5.96 Å². The first-order chi connectivity index (χ1) is 13.5. The van der Waals surface area contributed by atoms with E-state index >= 15 is 0 Å². The van der Waals surface area contributed by atoms with Crippen molar-refractivity contribution in [2.75, 3.05) is 19.6 Å². The van der Waals surface area contributed by atoms with Gasteiger partial charge in [0.1, 0.15) is 11.5 Å². The quantitative estimate of drug-likeness (QED) is 0.338. The maximum Gasteiger partial charge on any atom is 0.233 e. The largest absolute Gasteiger partial charge is 0.466 e. The van der Waals surface area contributed by atoms with Crippen molar-refractivity contribution in [3.8, 4) is 0 Å². The monoisotopic (exact) mass is 384 g/mol. The Kier molecular flexibility index (Phi) is 5.00. The molecule has 2 fully saturated rings. The molecule has 7 heteroatoms. The molecule has 3 aliphatic rings. The number of imide groups is 1. The van der Waals surface area contributed by atoms with Gasteiger partial charge < -0.3 is 15.1 Å². The molecule has 28 heavy (non-hydrogen) atoms. The van der Waals surface area contributed by atoms with E-state index in [9.17, 15) is 9.59 Å². The van der Waals surface area contributed by atoms with Crippen molar-refractivity contribution < 1.29 is 14.0 Å². The van der Waals surface area contributed by atoms with Crippen LogP contribution >= 0.6 is 0 Å². The third-order valence-electron chi connectivity index (χ3n) is 6.09. The second-order valence-electron chi connectivity index (χ2n) is 7.89. The van der Waals surface area contributed by atoms with Crippen molar-refractivity contribution in [2.24, 2.45) is 28.7 Å². The lowest BCUT2D eigenvalue weighted by Gasteiger charge is -2.18. The van der Waals surface area contributed by atoms with E-state index in [1.54, 1.807) is 0 Å². The molecule has 4 atom stereocenters. The minimum absolute atomic E-state index is 0.0000802. The van der Waals surface area contributed by atoms with Crippen molar-refractivity contribution in [1.82, 2.24) is 15.5 Å². The van der Waals surface area contributed by atoms with Gasteiger partial charge in [-0.15, -0.1) is 0 Å². The average molecular weight is 384 g/mol. The van der Waals surface area contributed by atoms with Gasteiger partial charge in [-0.25, -0.2) is 4.99 Å². The van der Waals surface area contributed by atoms with Crippen LogP contribution in [0, 0.1) is 37.5 Å². The molecule has 7 nitrogen and oxygen atoms in total. The molecule has 0 spiro atoms. The smallest absolute Gasteiger partial charge is 0.233 e.